The van der Waals surface area contributed by atoms with Crippen molar-refractivity contribution in [3.8, 4) is 6.07 Å². The van der Waals surface area contributed by atoms with Crippen molar-refractivity contribution < 1.29 is 9.53 Å². The summed E-state index contributed by atoms with van der Waals surface area (Å²) in [6.07, 6.45) is 1.75. The van der Waals surface area contributed by atoms with Crippen LogP contribution in [0.25, 0.3) is 10.9 Å². The predicted molar refractivity (Wildman–Crippen MR) is 103 cm³/mol. The molecule has 1 aromatic heterocycles. The number of Topliss-reactive ketones (excluding diaryl/α,β-unsaturated/α-hetero) is 1. The van der Waals surface area contributed by atoms with Crippen molar-refractivity contribution in [3.05, 3.63) is 62.8 Å². The van der Waals surface area contributed by atoms with Crippen LogP contribution in [0.3, 0.4) is 0 Å². The molecule has 0 saturated carbocycles. The van der Waals surface area contributed by atoms with Gasteiger partial charge in [-0.25, -0.2) is 4.98 Å². The van der Waals surface area contributed by atoms with Crippen LogP contribution in [-0.2, 0) is 9.53 Å². The van der Waals surface area contributed by atoms with Crippen LogP contribution in [0.4, 0.5) is 0 Å². The van der Waals surface area contributed by atoms with Gasteiger partial charge in [0.1, 0.15) is 22.6 Å². The lowest BCUT2D eigenvalue weighted by molar-refractivity contribution is -0.116. The summed E-state index contributed by atoms with van der Waals surface area (Å²) in [4.78, 5) is 17.2. The van der Waals surface area contributed by atoms with Gasteiger partial charge >= 0.3 is 0 Å². The maximum atomic E-state index is 12.7. The lowest BCUT2D eigenvalue weighted by Gasteiger charge is -2.31. The number of rotatable bonds is 1. The first-order chi connectivity index (χ1) is 12.9. The number of halogens is 1. The van der Waals surface area contributed by atoms with E-state index in [1.807, 2.05) is 32.0 Å². The zero-order chi connectivity index (χ0) is 19.3. The van der Waals surface area contributed by atoms with Crippen molar-refractivity contribution in [1.29, 1.82) is 5.26 Å². The zero-order valence-corrected chi connectivity index (χ0v) is 15.9. The van der Waals surface area contributed by atoms with Gasteiger partial charge in [0.15, 0.2) is 5.78 Å². The van der Waals surface area contributed by atoms with Crippen molar-refractivity contribution in [2.75, 3.05) is 0 Å². The largest absolute Gasteiger partial charge is 0.444 e. The SMILES string of the molecule is Cc1cc2cc([C@H]3C(C#N)=C(N)OC4=C3C(=O)CCC4)c(Cl)nc2cc1C. The number of aryl methyl sites for hydroxylation is 2. The van der Waals surface area contributed by atoms with Gasteiger partial charge in [-0.1, -0.05) is 11.6 Å². The molecule has 2 N–H and O–H groups in total. The molecule has 2 heterocycles. The lowest BCUT2D eigenvalue weighted by atomic mass is 9.78. The molecule has 5 nitrogen and oxygen atoms in total. The highest BCUT2D eigenvalue weighted by molar-refractivity contribution is 6.31. The van der Waals surface area contributed by atoms with Gasteiger partial charge in [-0.2, -0.15) is 5.26 Å². The summed E-state index contributed by atoms with van der Waals surface area (Å²) >= 11 is 6.52. The third-order valence-corrected chi connectivity index (χ3v) is 5.63. The molecule has 2 aromatic rings. The minimum atomic E-state index is -0.641. The maximum absolute atomic E-state index is 12.7. The number of aromatic nitrogens is 1. The Labute approximate surface area is 162 Å². The van der Waals surface area contributed by atoms with Crippen LogP contribution >= 0.6 is 11.6 Å². The number of pyridine rings is 1. The second-order valence-electron chi connectivity index (χ2n) is 7.04. The molecule has 1 aliphatic heterocycles. The first-order valence-corrected chi connectivity index (χ1v) is 9.19. The molecule has 0 unspecified atom stereocenters. The minimum absolute atomic E-state index is 0.0299. The number of nitrogens with zero attached hydrogens (tertiary/aromatic N) is 2. The summed E-state index contributed by atoms with van der Waals surface area (Å²) in [7, 11) is 0. The number of ketones is 1. The van der Waals surface area contributed by atoms with E-state index in [0.29, 0.717) is 36.2 Å². The number of hydrogen-bond acceptors (Lipinski definition) is 5. The molecule has 0 fully saturated rings. The average molecular weight is 380 g/mol. The fourth-order valence-corrected chi connectivity index (χ4v) is 4.06. The molecule has 4 rings (SSSR count). The number of benzene rings is 1. The highest BCUT2D eigenvalue weighted by atomic mass is 35.5. The Balaban J connectivity index is 1.99. The third kappa shape index (κ3) is 2.77. The van der Waals surface area contributed by atoms with Gasteiger partial charge in [-0.15, -0.1) is 0 Å². The molecular weight excluding hydrogens is 362 g/mol. The van der Waals surface area contributed by atoms with E-state index in [1.165, 1.54) is 0 Å². The van der Waals surface area contributed by atoms with E-state index in [2.05, 4.69) is 11.1 Å². The fourth-order valence-electron chi connectivity index (χ4n) is 3.80. The zero-order valence-electron chi connectivity index (χ0n) is 15.1. The smallest absolute Gasteiger partial charge is 0.205 e. The van der Waals surface area contributed by atoms with Gasteiger partial charge in [0.05, 0.1) is 11.4 Å². The van der Waals surface area contributed by atoms with Crippen LogP contribution in [0.5, 0.6) is 0 Å². The Morgan fingerprint density at radius 1 is 1.26 bits per heavy atom. The predicted octanol–water partition coefficient (Wildman–Crippen LogP) is 4.32. The van der Waals surface area contributed by atoms with Gasteiger partial charge in [0.25, 0.3) is 0 Å². The average Bonchev–Trinajstić information content (AvgIpc) is 2.62. The van der Waals surface area contributed by atoms with Gasteiger partial charge < -0.3 is 10.5 Å². The van der Waals surface area contributed by atoms with Crippen molar-refractivity contribution in [3.63, 3.8) is 0 Å². The van der Waals surface area contributed by atoms with Gasteiger partial charge in [-0.05, 0) is 49.6 Å². The highest BCUT2D eigenvalue weighted by Crippen LogP contribution is 2.45. The number of fused-ring (bicyclic) bond motifs is 1. The summed E-state index contributed by atoms with van der Waals surface area (Å²) in [5.41, 5.74) is 10.3. The number of allylic oxidation sites excluding steroid dienone is 3. The van der Waals surface area contributed by atoms with Crippen LogP contribution in [0.15, 0.2) is 41.0 Å². The van der Waals surface area contributed by atoms with Gasteiger partial charge in [-0.3, -0.25) is 4.79 Å². The molecule has 1 aliphatic carbocycles. The van der Waals surface area contributed by atoms with Crippen molar-refractivity contribution in [2.24, 2.45) is 5.73 Å². The quantitative estimate of drug-likeness (QED) is 0.745. The van der Waals surface area contributed by atoms with E-state index in [4.69, 9.17) is 22.1 Å². The number of nitrogens with two attached hydrogens (primary N) is 1. The number of nitriles is 1. The van der Waals surface area contributed by atoms with Crippen molar-refractivity contribution in [2.45, 2.75) is 39.0 Å². The lowest BCUT2D eigenvalue weighted by Crippen LogP contribution is -2.27. The Kier molecular flexibility index (Phi) is 4.16. The molecule has 1 aromatic carbocycles. The molecule has 6 heteroatoms. The Hall–Kier alpha value is -2.84. The second kappa shape index (κ2) is 6.40. The summed E-state index contributed by atoms with van der Waals surface area (Å²) in [5, 5.41) is 10.9. The van der Waals surface area contributed by atoms with Crippen LogP contribution in [0, 0.1) is 25.2 Å². The Bertz CT molecular complexity index is 1110. The Morgan fingerprint density at radius 2 is 2.00 bits per heavy atom. The van der Waals surface area contributed by atoms with Crippen molar-refractivity contribution >= 4 is 28.3 Å². The van der Waals surface area contributed by atoms with E-state index in [0.717, 1.165) is 22.0 Å². The molecule has 27 heavy (non-hydrogen) atoms. The number of hydrogen-bond donors (Lipinski definition) is 1. The molecule has 0 spiro atoms. The fraction of sp³-hybridized carbons (Fsp3) is 0.286. The second-order valence-corrected chi connectivity index (χ2v) is 7.39. The molecular formula is C21H18ClN3O2. The number of carbonyl (C=O) groups is 1. The summed E-state index contributed by atoms with van der Waals surface area (Å²) < 4.78 is 5.61. The topological polar surface area (TPSA) is 89.0 Å². The number of ether oxygens (including phenoxy) is 1. The van der Waals surface area contributed by atoms with E-state index in [9.17, 15) is 10.1 Å². The molecule has 0 amide bonds. The molecule has 1 atom stereocenters. The number of carbonyl (C=O) groups excluding carboxylic acids is 1. The van der Waals surface area contributed by atoms with Gasteiger partial charge in [0.2, 0.25) is 5.88 Å². The molecule has 0 bridgehead atoms. The summed E-state index contributed by atoms with van der Waals surface area (Å²) in [6, 6.07) is 8.03. The maximum Gasteiger partial charge on any atom is 0.205 e. The normalized spacial score (nSPS) is 19.8. The van der Waals surface area contributed by atoms with E-state index >= 15 is 0 Å². The van der Waals surface area contributed by atoms with Crippen LogP contribution in [0.1, 0.15) is 41.9 Å². The monoisotopic (exact) mass is 379 g/mol. The molecule has 2 aliphatic rings. The van der Waals surface area contributed by atoms with E-state index in [1.54, 1.807) is 0 Å². The van der Waals surface area contributed by atoms with E-state index < -0.39 is 5.92 Å². The van der Waals surface area contributed by atoms with Crippen molar-refractivity contribution in [1.82, 2.24) is 4.98 Å². The molecule has 0 radical (unpaired) electrons. The Morgan fingerprint density at radius 3 is 2.74 bits per heavy atom. The van der Waals surface area contributed by atoms with Crippen LogP contribution < -0.4 is 5.73 Å². The first-order valence-electron chi connectivity index (χ1n) is 8.82. The van der Waals surface area contributed by atoms with Crippen LogP contribution in [-0.4, -0.2) is 10.8 Å². The first kappa shape index (κ1) is 17.6. The minimum Gasteiger partial charge on any atom is -0.444 e. The summed E-state index contributed by atoms with van der Waals surface area (Å²) in [5.74, 6) is -0.0912. The standard InChI is InChI=1S/C21H18ClN3O2/c1-10-6-12-8-13(20(22)25-15(12)7-11(10)2)18-14(9-23)21(24)27-17-5-3-4-16(26)19(17)18/h6-8,18H,3-5,24H2,1-2H3/t18-/m0/s1. The van der Waals surface area contributed by atoms with Gasteiger partial charge in [0, 0.05) is 29.4 Å². The highest BCUT2D eigenvalue weighted by Gasteiger charge is 2.39. The molecule has 136 valence electrons. The van der Waals surface area contributed by atoms with E-state index in [-0.39, 0.29) is 22.4 Å². The molecule has 0 saturated heterocycles. The van der Waals surface area contributed by atoms with Crippen LogP contribution in [0.2, 0.25) is 5.15 Å². The third-order valence-electron chi connectivity index (χ3n) is 5.33. The summed E-state index contributed by atoms with van der Waals surface area (Å²) in [6.45, 7) is 4.05.